The van der Waals surface area contributed by atoms with Crippen molar-refractivity contribution in [2.24, 2.45) is 0 Å². The highest BCUT2D eigenvalue weighted by molar-refractivity contribution is 7.12. The summed E-state index contributed by atoms with van der Waals surface area (Å²) < 4.78 is 0. The van der Waals surface area contributed by atoms with Crippen LogP contribution in [0.25, 0.3) is 10.8 Å². The number of fused-ring (bicyclic) bond motifs is 1. The number of benzene rings is 2. The van der Waals surface area contributed by atoms with E-state index in [-0.39, 0.29) is 5.38 Å². The van der Waals surface area contributed by atoms with E-state index in [1.165, 1.54) is 26.1 Å². The van der Waals surface area contributed by atoms with Crippen molar-refractivity contribution in [2.45, 2.75) is 12.3 Å². The van der Waals surface area contributed by atoms with Gasteiger partial charge in [-0.25, -0.2) is 0 Å². The molecule has 2 heteroatoms. The van der Waals surface area contributed by atoms with Gasteiger partial charge in [-0.2, -0.15) is 0 Å². The predicted molar refractivity (Wildman–Crippen MR) is 80.7 cm³/mol. The van der Waals surface area contributed by atoms with E-state index in [4.69, 9.17) is 11.6 Å². The second kappa shape index (κ2) is 4.75. The minimum absolute atomic E-state index is 0.0604. The summed E-state index contributed by atoms with van der Waals surface area (Å²) in [7, 11) is 0. The van der Waals surface area contributed by atoms with Crippen LogP contribution >= 0.6 is 22.9 Å². The van der Waals surface area contributed by atoms with Crippen LogP contribution in [0.5, 0.6) is 0 Å². The Bertz CT molecular complexity index is 679. The molecule has 0 radical (unpaired) electrons. The molecular formula is C16H13ClS. The standard InChI is InChI=1S/C16H13ClS/c1-11-9-10-15(18-11)16(17)14-8-4-6-12-5-2-3-7-13(12)14/h2-10,16H,1H3. The van der Waals surface area contributed by atoms with Crippen LogP contribution < -0.4 is 0 Å². The summed E-state index contributed by atoms with van der Waals surface area (Å²) >= 11 is 8.40. The van der Waals surface area contributed by atoms with Crippen molar-refractivity contribution in [1.29, 1.82) is 0 Å². The van der Waals surface area contributed by atoms with Crippen LogP contribution in [0.2, 0.25) is 0 Å². The second-order valence-corrected chi connectivity index (χ2v) is 6.14. The van der Waals surface area contributed by atoms with Gasteiger partial charge in [0.1, 0.15) is 0 Å². The zero-order valence-corrected chi connectivity index (χ0v) is 11.6. The van der Waals surface area contributed by atoms with E-state index < -0.39 is 0 Å². The molecule has 0 bridgehead atoms. The van der Waals surface area contributed by atoms with Crippen LogP contribution in [0.1, 0.15) is 20.7 Å². The van der Waals surface area contributed by atoms with Gasteiger partial charge in [-0.15, -0.1) is 22.9 Å². The molecule has 0 spiro atoms. The Morgan fingerprint density at radius 2 is 1.72 bits per heavy atom. The minimum Gasteiger partial charge on any atom is -0.144 e. The van der Waals surface area contributed by atoms with E-state index in [1.54, 1.807) is 11.3 Å². The largest absolute Gasteiger partial charge is 0.144 e. The molecular weight excluding hydrogens is 260 g/mol. The third-order valence-electron chi connectivity index (χ3n) is 3.11. The molecule has 0 N–H and O–H groups in total. The first-order chi connectivity index (χ1) is 8.75. The highest BCUT2D eigenvalue weighted by Crippen LogP contribution is 2.36. The van der Waals surface area contributed by atoms with Crippen LogP contribution in [0, 0.1) is 6.92 Å². The lowest BCUT2D eigenvalue weighted by Gasteiger charge is -2.11. The molecule has 0 amide bonds. The summed E-state index contributed by atoms with van der Waals surface area (Å²) in [6.45, 7) is 2.11. The van der Waals surface area contributed by atoms with Crippen LogP contribution in [-0.2, 0) is 0 Å². The number of hydrogen-bond acceptors (Lipinski definition) is 1. The molecule has 1 atom stereocenters. The van der Waals surface area contributed by atoms with Gasteiger partial charge in [0, 0.05) is 9.75 Å². The lowest BCUT2D eigenvalue weighted by Crippen LogP contribution is -1.91. The predicted octanol–water partition coefficient (Wildman–Crippen LogP) is 5.54. The van der Waals surface area contributed by atoms with Crippen molar-refractivity contribution in [1.82, 2.24) is 0 Å². The number of thiophene rings is 1. The lowest BCUT2D eigenvalue weighted by molar-refractivity contribution is 1.21. The quantitative estimate of drug-likeness (QED) is 0.538. The molecule has 3 rings (SSSR count). The molecule has 0 aliphatic heterocycles. The lowest BCUT2D eigenvalue weighted by atomic mass is 10.0. The summed E-state index contributed by atoms with van der Waals surface area (Å²) in [5.74, 6) is 0. The van der Waals surface area contributed by atoms with Crippen LogP contribution in [0.15, 0.2) is 54.6 Å². The van der Waals surface area contributed by atoms with E-state index in [2.05, 4.69) is 61.5 Å². The third kappa shape index (κ3) is 2.05. The van der Waals surface area contributed by atoms with E-state index in [0.29, 0.717) is 0 Å². The molecule has 1 unspecified atom stereocenters. The van der Waals surface area contributed by atoms with Crippen LogP contribution in [0.3, 0.4) is 0 Å². The molecule has 90 valence electrons. The summed E-state index contributed by atoms with van der Waals surface area (Å²) in [5.41, 5.74) is 1.19. The molecule has 1 aromatic heterocycles. The molecule has 1 heterocycles. The Morgan fingerprint density at radius 1 is 0.944 bits per heavy atom. The zero-order chi connectivity index (χ0) is 12.5. The molecule has 18 heavy (non-hydrogen) atoms. The van der Waals surface area contributed by atoms with Crippen LogP contribution in [0.4, 0.5) is 0 Å². The zero-order valence-electron chi connectivity index (χ0n) is 10.1. The maximum absolute atomic E-state index is 6.63. The van der Waals surface area contributed by atoms with Crippen LogP contribution in [-0.4, -0.2) is 0 Å². The van der Waals surface area contributed by atoms with E-state index in [9.17, 15) is 0 Å². The third-order valence-corrected chi connectivity index (χ3v) is 4.77. The van der Waals surface area contributed by atoms with Gasteiger partial charge in [0.15, 0.2) is 0 Å². The topological polar surface area (TPSA) is 0 Å². The fourth-order valence-electron chi connectivity index (χ4n) is 2.21. The number of rotatable bonds is 2. The number of halogens is 1. The maximum Gasteiger partial charge on any atom is 0.0933 e. The summed E-state index contributed by atoms with van der Waals surface area (Å²) in [6.07, 6.45) is 0. The summed E-state index contributed by atoms with van der Waals surface area (Å²) in [4.78, 5) is 2.52. The van der Waals surface area contributed by atoms with Gasteiger partial charge < -0.3 is 0 Å². The monoisotopic (exact) mass is 272 g/mol. The van der Waals surface area contributed by atoms with Gasteiger partial charge in [0.2, 0.25) is 0 Å². The number of alkyl halides is 1. The highest BCUT2D eigenvalue weighted by atomic mass is 35.5. The van der Waals surface area contributed by atoms with Gasteiger partial charge in [-0.1, -0.05) is 42.5 Å². The highest BCUT2D eigenvalue weighted by Gasteiger charge is 2.14. The molecule has 0 aliphatic carbocycles. The fourth-order valence-corrected chi connectivity index (χ4v) is 3.49. The van der Waals surface area contributed by atoms with Gasteiger partial charge >= 0.3 is 0 Å². The normalized spacial score (nSPS) is 12.8. The smallest absolute Gasteiger partial charge is 0.0933 e. The number of hydrogen-bond donors (Lipinski definition) is 0. The Hall–Kier alpha value is -1.31. The molecule has 0 saturated heterocycles. The molecule has 0 aliphatic rings. The molecule has 0 saturated carbocycles. The maximum atomic E-state index is 6.63. The number of aryl methyl sites for hydroxylation is 1. The Labute approximate surface area is 116 Å². The van der Waals surface area contributed by atoms with Crippen molar-refractivity contribution < 1.29 is 0 Å². The minimum atomic E-state index is -0.0604. The van der Waals surface area contributed by atoms with Crippen molar-refractivity contribution in [3.63, 3.8) is 0 Å². The summed E-state index contributed by atoms with van der Waals surface area (Å²) in [6, 6.07) is 19.0. The van der Waals surface area contributed by atoms with Gasteiger partial charge in [-0.3, -0.25) is 0 Å². The van der Waals surface area contributed by atoms with E-state index in [0.717, 1.165) is 0 Å². The first kappa shape index (κ1) is 11.8. The van der Waals surface area contributed by atoms with Gasteiger partial charge in [-0.05, 0) is 35.4 Å². The van der Waals surface area contributed by atoms with Crippen molar-refractivity contribution >= 4 is 33.7 Å². The molecule has 2 aromatic carbocycles. The Balaban J connectivity index is 2.14. The average Bonchev–Trinajstić information content (AvgIpc) is 2.84. The van der Waals surface area contributed by atoms with E-state index in [1.807, 2.05) is 0 Å². The second-order valence-electron chi connectivity index (χ2n) is 4.38. The molecule has 0 fully saturated rings. The SMILES string of the molecule is Cc1ccc(C(Cl)c2cccc3ccccc23)s1. The van der Waals surface area contributed by atoms with E-state index >= 15 is 0 Å². The summed E-state index contributed by atoms with van der Waals surface area (Å²) in [5, 5.41) is 2.43. The molecule has 0 nitrogen and oxygen atoms in total. The Morgan fingerprint density at radius 3 is 2.50 bits per heavy atom. The molecule has 3 aromatic rings. The van der Waals surface area contributed by atoms with Crippen molar-refractivity contribution in [2.75, 3.05) is 0 Å². The van der Waals surface area contributed by atoms with Crippen molar-refractivity contribution in [3.8, 4) is 0 Å². The first-order valence-corrected chi connectivity index (χ1v) is 7.19. The van der Waals surface area contributed by atoms with Crippen molar-refractivity contribution in [3.05, 3.63) is 69.9 Å². The van der Waals surface area contributed by atoms with Gasteiger partial charge in [0.05, 0.1) is 5.38 Å². The average molecular weight is 273 g/mol. The first-order valence-electron chi connectivity index (χ1n) is 5.94. The Kier molecular flexibility index (Phi) is 3.11. The van der Waals surface area contributed by atoms with Gasteiger partial charge in [0.25, 0.3) is 0 Å². The fraction of sp³-hybridized carbons (Fsp3) is 0.125.